The first-order chi connectivity index (χ1) is 7.88. The van der Waals surface area contributed by atoms with Crippen LogP contribution in [0, 0.1) is 0 Å². The molecule has 0 saturated carbocycles. The quantitative estimate of drug-likeness (QED) is 0.752. The molecule has 0 atom stereocenters. The Morgan fingerprint density at radius 2 is 2.18 bits per heavy atom. The molecule has 7 heteroatoms. The summed E-state index contributed by atoms with van der Waals surface area (Å²) in [4.78, 5) is 13.7. The summed E-state index contributed by atoms with van der Waals surface area (Å²) in [6.07, 6.45) is 2.62. The van der Waals surface area contributed by atoms with Crippen LogP contribution in [0.15, 0.2) is 29.4 Å². The zero-order valence-corrected chi connectivity index (χ0v) is 9.86. The Kier molecular flexibility index (Phi) is 2.62. The maximum Gasteiger partial charge on any atom is 0.346 e. The highest BCUT2D eigenvalue weighted by molar-refractivity contribution is 7.90. The van der Waals surface area contributed by atoms with Gasteiger partial charge in [0.1, 0.15) is 0 Å². The highest BCUT2D eigenvalue weighted by atomic mass is 32.2. The lowest BCUT2D eigenvalue weighted by Crippen LogP contribution is -2.36. The molecule has 0 aliphatic heterocycles. The number of nitrogens with one attached hydrogen (secondary N) is 1. The van der Waals surface area contributed by atoms with Gasteiger partial charge in [-0.2, -0.15) is 0 Å². The van der Waals surface area contributed by atoms with E-state index in [0.717, 1.165) is 6.26 Å². The van der Waals surface area contributed by atoms with Gasteiger partial charge in [0.05, 0.1) is 4.90 Å². The van der Waals surface area contributed by atoms with Gasteiger partial charge in [0.25, 0.3) is 0 Å². The van der Waals surface area contributed by atoms with Gasteiger partial charge in [-0.3, -0.25) is 0 Å². The molecule has 17 heavy (non-hydrogen) atoms. The summed E-state index contributed by atoms with van der Waals surface area (Å²) in [7, 11) is -3.29. The number of sulfone groups is 1. The van der Waals surface area contributed by atoms with Gasteiger partial charge in [0.2, 0.25) is 6.33 Å². The Morgan fingerprint density at radius 1 is 1.47 bits per heavy atom. The van der Waals surface area contributed by atoms with Crippen molar-refractivity contribution in [3.05, 3.63) is 24.5 Å². The summed E-state index contributed by atoms with van der Waals surface area (Å²) in [5, 5.41) is 8.72. The molecule has 2 rings (SSSR count). The predicted molar refractivity (Wildman–Crippen MR) is 59.2 cm³/mol. The van der Waals surface area contributed by atoms with E-state index < -0.39 is 15.8 Å². The summed E-state index contributed by atoms with van der Waals surface area (Å²) in [6, 6.07) is 4.56. The molecule has 0 spiro atoms. The lowest BCUT2D eigenvalue weighted by Gasteiger charge is -1.97. The van der Waals surface area contributed by atoms with Crippen molar-refractivity contribution in [2.24, 2.45) is 0 Å². The molecular formula is C10H11N2O4S+. The third-order valence-electron chi connectivity index (χ3n) is 2.39. The Morgan fingerprint density at radius 3 is 2.76 bits per heavy atom. The van der Waals surface area contributed by atoms with Gasteiger partial charge >= 0.3 is 5.97 Å². The monoisotopic (exact) mass is 255 g/mol. The Labute approximate surface area is 97.4 Å². The molecule has 90 valence electrons. The highest BCUT2D eigenvalue weighted by Crippen LogP contribution is 2.14. The number of aromatic amines is 1. The van der Waals surface area contributed by atoms with Gasteiger partial charge in [-0.15, -0.1) is 0 Å². The second-order valence-electron chi connectivity index (χ2n) is 3.75. The first-order valence-corrected chi connectivity index (χ1v) is 6.69. The van der Waals surface area contributed by atoms with Gasteiger partial charge in [-0.05, 0) is 12.1 Å². The number of hydrogen-bond donors (Lipinski definition) is 2. The van der Waals surface area contributed by atoms with E-state index in [1.54, 1.807) is 6.07 Å². The first-order valence-electron chi connectivity index (χ1n) is 4.80. The van der Waals surface area contributed by atoms with Crippen LogP contribution in [-0.2, 0) is 21.2 Å². The molecule has 0 bridgehead atoms. The molecule has 1 aromatic carbocycles. The van der Waals surface area contributed by atoms with Crippen LogP contribution < -0.4 is 4.57 Å². The third-order valence-corrected chi connectivity index (χ3v) is 3.50. The summed E-state index contributed by atoms with van der Waals surface area (Å²) in [5.74, 6) is -0.986. The molecule has 0 radical (unpaired) electrons. The van der Waals surface area contributed by atoms with Crippen LogP contribution in [0.3, 0.4) is 0 Å². The summed E-state index contributed by atoms with van der Waals surface area (Å²) in [5.41, 5.74) is 1.24. The van der Waals surface area contributed by atoms with E-state index in [4.69, 9.17) is 5.11 Å². The molecule has 0 aliphatic carbocycles. The minimum atomic E-state index is -3.29. The number of carbonyl (C=O) groups is 1. The van der Waals surface area contributed by atoms with Crippen LogP contribution in [0.25, 0.3) is 11.0 Å². The number of H-pyrrole nitrogens is 1. The van der Waals surface area contributed by atoms with Crippen molar-refractivity contribution in [3.63, 3.8) is 0 Å². The van der Waals surface area contributed by atoms with E-state index in [0.29, 0.717) is 11.0 Å². The number of carboxylic acid groups (broad SMARTS) is 1. The lowest BCUT2D eigenvalue weighted by molar-refractivity contribution is -0.659. The number of nitrogens with zero attached hydrogens (tertiary/aromatic N) is 1. The lowest BCUT2D eigenvalue weighted by atomic mass is 10.3. The van der Waals surface area contributed by atoms with Crippen molar-refractivity contribution in [1.29, 1.82) is 0 Å². The number of fused-ring (bicyclic) bond motifs is 1. The van der Waals surface area contributed by atoms with Gasteiger partial charge in [0, 0.05) is 12.3 Å². The second-order valence-corrected chi connectivity index (χ2v) is 5.76. The fourth-order valence-electron chi connectivity index (χ4n) is 1.60. The Hall–Kier alpha value is -1.89. The van der Waals surface area contributed by atoms with Crippen molar-refractivity contribution >= 4 is 26.8 Å². The zero-order chi connectivity index (χ0) is 12.6. The fourth-order valence-corrected chi connectivity index (χ4v) is 2.24. The molecule has 0 unspecified atom stereocenters. The van der Waals surface area contributed by atoms with Gasteiger partial charge in [0.15, 0.2) is 27.4 Å². The molecule has 0 saturated heterocycles. The predicted octanol–water partition coefficient (Wildman–Crippen LogP) is -0.0565. The van der Waals surface area contributed by atoms with Crippen molar-refractivity contribution in [3.8, 4) is 0 Å². The largest absolute Gasteiger partial charge is 0.478 e. The molecular weight excluding hydrogens is 244 g/mol. The second kappa shape index (κ2) is 3.85. The normalized spacial score (nSPS) is 11.8. The first kappa shape index (κ1) is 11.6. The Bertz CT molecular complexity index is 687. The van der Waals surface area contributed by atoms with Crippen molar-refractivity contribution in [2.75, 3.05) is 6.26 Å². The number of hydrogen-bond acceptors (Lipinski definition) is 3. The summed E-state index contributed by atoms with van der Waals surface area (Å²) < 4.78 is 24.2. The van der Waals surface area contributed by atoms with Crippen LogP contribution in [-0.4, -0.2) is 30.7 Å². The molecule has 0 amide bonds. The van der Waals surface area contributed by atoms with E-state index in [2.05, 4.69) is 4.98 Å². The molecule has 6 nitrogen and oxygen atoms in total. The van der Waals surface area contributed by atoms with E-state index in [-0.39, 0.29) is 11.4 Å². The number of rotatable bonds is 3. The fraction of sp³-hybridized carbons (Fsp3) is 0.200. The maximum absolute atomic E-state index is 11.4. The minimum Gasteiger partial charge on any atom is -0.478 e. The summed E-state index contributed by atoms with van der Waals surface area (Å²) >= 11 is 0. The van der Waals surface area contributed by atoms with Gasteiger partial charge in [-0.1, -0.05) is 0 Å². The number of aromatic nitrogens is 2. The van der Waals surface area contributed by atoms with Crippen LogP contribution in [0.2, 0.25) is 0 Å². The topological polar surface area (TPSA) is 91.1 Å². The molecule has 1 heterocycles. The van der Waals surface area contributed by atoms with E-state index in [1.165, 1.54) is 23.0 Å². The van der Waals surface area contributed by atoms with Crippen LogP contribution >= 0.6 is 0 Å². The number of carboxylic acids is 1. The van der Waals surface area contributed by atoms with Crippen LogP contribution in [0.5, 0.6) is 0 Å². The van der Waals surface area contributed by atoms with E-state index in [1.807, 2.05) is 0 Å². The van der Waals surface area contributed by atoms with Crippen molar-refractivity contribution < 1.29 is 22.9 Å². The number of imidazole rings is 1. The summed E-state index contributed by atoms with van der Waals surface area (Å²) in [6.45, 7) is -0.215. The molecule has 0 fully saturated rings. The molecule has 0 aliphatic rings. The van der Waals surface area contributed by atoms with Crippen molar-refractivity contribution in [2.45, 2.75) is 11.4 Å². The van der Waals surface area contributed by atoms with Crippen molar-refractivity contribution in [1.82, 2.24) is 4.98 Å². The molecule has 2 N–H and O–H groups in total. The van der Waals surface area contributed by atoms with Gasteiger partial charge < -0.3 is 5.11 Å². The van der Waals surface area contributed by atoms with E-state index >= 15 is 0 Å². The van der Waals surface area contributed by atoms with Crippen LogP contribution in [0.1, 0.15) is 0 Å². The number of benzene rings is 1. The third kappa shape index (κ3) is 2.28. The number of aliphatic carboxylic acids is 1. The Balaban J connectivity index is 2.62. The smallest absolute Gasteiger partial charge is 0.346 e. The zero-order valence-electron chi connectivity index (χ0n) is 9.04. The molecule has 1 aromatic heterocycles. The average molecular weight is 255 g/mol. The highest BCUT2D eigenvalue weighted by Gasteiger charge is 2.16. The maximum atomic E-state index is 11.4. The minimum absolute atomic E-state index is 0.170. The average Bonchev–Trinajstić information content (AvgIpc) is 2.59. The van der Waals surface area contributed by atoms with Crippen LogP contribution in [0.4, 0.5) is 0 Å². The van der Waals surface area contributed by atoms with Gasteiger partial charge in [-0.25, -0.2) is 22.8 Å². The molecule has 2 aromatic rings. The SMILES string of the molecule is CS(=O)(=O)c1ccc2[nH]c[n+](CC(=O)O)c2c1. The van der Waals surface area contributed by atoms with E-state index in [9.17, 15) is 13.2 Å². The standard InChI is InChI=1S/C10H10N2O4S/c1-17(15,16)7-2-3-8-9(4-7)12(6-11-8)5-10(13)14/h2-4,6H,5H2,1H3,(H,13,14)/p+1.